The van der Waals surface area contributed by atoms with E-state index in [-0.39, 0.29) is 45.9 Å². The summed E-state index contributed by atoms with van der Waals surface area (Å²) in [5.41, 5.74) is -1.29. The minimum Gasteiger partial charge on any atom is -0.463 e. The zero-order chi connectivity index (χ0) is 58.9. The summed E-state index contributed by atoms with van der Waals surface area (Å²) in [5, 5.41) is 12.3. The van der Waals surface area contributed by atoms with Gasteiger partial charge >= 0.3 is 47.8 Å². The maximum absolute atomic E-state index is 13.2. The van der Waals surface area contributed by atoms with E-state index in [4.69, 9.17) is 56.8 Å². The Morgan fingerprint density at radius 1 is 0.532 bits per heavy atom. The van der Waals surface area contributed by atoms with Crippen molar-refractivity contribution >= 4 is 47.8 Å². The summed E-state index contributed by atoms with van der Waals surface area (Å²) in [4.78, 5) is 102. The van der Waals surface area contributed by atoms with Crippen LogP contribution in [0.15, 0.2) is 11.6 Å². The number of carbonyl (C=O) groups is 8. The van der Waals surface area contributed by atoms with Crippen LogP contribution < -0.4 is 0 Å². The van der Waals surface area contributed by atoms with Gasteiger partial charge in [0.15, 0.2) is 49.2 Å². The number of esters is 8. The van der Waals surface area contributed by atoms with Crippen LogP contribution in [0.4, 0.5) is 0 Å². The number of hydrogen-bond donors (Lipinski definition) is 1. The Kier molecular flexibility index (Phi) is 19.9. The maximum Gasteiger partial charge on any atom is 0.303 e. The normalized spacial score (nSPS) is 39.1. The van der Waals surface area contributed by atoms with E-state index in [1.54, 1.807) is 0 Å². The number of allylic oxidation sites excluding steroid dienone is 2. The molecule has 6 aliphatic rings. The number of aliphatic hydroxyl groups is 1. The minimum atomic E-state index is -1.84. The molecule has 0 bridgehead atoms. The monoisotopic (exact) mass is 1120 g/mol. The van der Waals surface area contributed by atoms with Gasteiger partial charge in [-0.15, -0.1) is 0 Å². The van der Waals surface area contributed by atoms with E-state index in [1.165, 1.54) is 19.4 Å². The van der Waals surface area contributed by atoms with Crippen LogP contribution in [0.25, 0.3) is 0 Å². The Morgan fingerprint density at radius 2 is 0.987 bits per heavy atom. The summed E-state index contributed by atoms with van der Waals surface area (Å²) in [6.45, 7) is 25.6. The topological polar surface area (TPSA) is 268 Å². The average Bonchev–Trinajstić information content (AvgIpc) is 3.51. The molecule has 2 heterocycles. The second-order valence-corrected chi connectivity index (χ2v) is 24.9. The molecular weight excluding hydrogens is 1030 g/mol. The highest BCUT2D eigenvalue weighted by atomic mass is 16.8. The second-order valence-electron chi connectivity index (χ2n) is 24.9. The van der Waals surface area contributed by atoms with Crippen LogP contribution in [0.5, 0.6) is 0 Å². The lowest BCUT2D eigenvalue weighted by atomic mass is 9.35. The van der Waals surface area contributed by atoms with Crippen molar-refractivity contribution < 1.29 is 100 Å². The highest BCUT2D eigenvalue weighted by molar-refractivity contribution is 5.69. The smallest absolute Gasteiger partial charge is 0.303 e. The summed E-state index contributed by atoms with van der Waals surface area (Å²) in [7, 11) is 0. The van der Waals surface area contributed by atoms with Gasteiger partial charge in [-0.3, -0.25) is 38.4 Å². The first kappa shape index (κ1) is 63.5. The van der Waals surface area contributed by atoms with Crippen LogP contribution in [-0.2, 0) is 95.2 Å². The van der Waals surface area contributed by atoms with Crippen molar-refractivity contribution in [3.05, 3.63) is 11.6 Å². The molecule has 1 N–H and O–H groups in total. The van der Waals surface area contributed by atoms with Crippen LogP contribution in [-0.4, -0.2) is 145 Å². The Labute approximate surface area is 464 Å². The van der Waals surface area contributed by atoms with E-state index < -0.39 is 140 Å². The molecule has 0 radical (unpaired) electrons. The average molecular weight is 1120 g/mol. The maximum atomic E-state index is 13.2. The van der Waals surface area contributed by atoms with E-state index in [9.17, 15) is 43.5 Å². The van der Waals surface area contributed by atoms with Gasteiger partial charge in [0.1, 0.15) is 31.5 Å². The fourth-order valence-electron chi connectivity index (χ4n) is 15.6. The zero-order valence-corrected chi connectivity index (χ0v) is 49.2. The second kappa shape index (κ2) is 24.8. The Hall–Kier alpha value is -4.70. The van der Waals surface area contributed by atoms with E-state index in [0.29, 0.717) is 25.7 Å². The molecule has 0 spiro atoms. The van der Waals surface area contributed by atoms with Crippen LogP contribution in [0.1, 0.15) is 169 Å². The third-order valence-corrected chi connectivity index (χ3v) is 18.8. The van der Waals surface area contributed by atoms with E-state index >= 15 is 0 Å². The van der Waals surface area contributed by atoms with Gasteiger partial charge in [-0.25, -0.2) is 0 Å². The predicted molar refractivity (Wildman–Crippen MR) is 277 cm³/mol. The minimum absolute atomic E-state index is 0.00282. The van der Waals surface area contributed by atoms with Gasteiger partial charge in [-0.1, -0.05) is 46.3 Å². The molecule has 2 aliphatic heterocycles. The number of ether oxygens (including phenoxy) is 12. The highest BCUT2D eigenvalue weighted by Crippen LogP contribution is 2.76. The number of hydrogen-bond acceptors (Lipinski definition) is 21. The molecule has 0 aromatic carbocycles. The molecule has 4 saturated carbocycles. The van der Waals surface area contributed by atoms with Crippen molar-refractivity contribution in [1.82, 2.24) is 0 Å². The first-order valence-corrected chi connectivity index (χ1v) is 27.9. The molecule has 20 atom stereocenters. The first-order chi connectivity index (χ1) is 36.7. The number of rotatable bonds is 18. The fraction of sp³-hybridized carbons (Fsp3) is 0.828. The van der Waals surface area contributed by atoms with Gasteiger partial charge in [0.05, 0.1) is 11.7 Å². The molecule has 21 heteroatoms. The molecule has 79 heavy (non-hydrogen) atoms. The van der Waals surface area contributed by atoms with Gasteiger partial charge < -0.3 is 61.9 Å². The standard InChI is InChI=1S/C58H88O21/c1-29(2)18-17-22-58(16,67)38-19-24-57(15)45(38)39(70-32(5)61)26-43-55(13)23-21-44(54(11,12)42(55)20-25-56(43,57)14)78-52-51(49(74-36(9)65)47(72-34(7)63)40(76-52)27-68-30(3)59)79-53-50(75-37(10)66)48(73-35(8)64)46(71-33(6)62)41(77-53)28-69-31(4)60/h18,38-53,67H,17,19-28H2,1-16H3/t38-,39+,40+,41+,42-,43+,44-,45-,46+,47+,48-,49-,50+,51+,52-,53-,55-,56+,57+,58-/m0/s1. The molecule has 2 saturated heterocycles. The van der Waals surface area contributed by atoms with Gasteiger partial charge in [0, 0.05) is 61.3 Å². The Balaban J connectivity index is 1.42. The SMILES string of the molecule is CC(=O)OC[C@H]1O[C@@H](O[C@H]2[C@H](O[C@H]3CC[C@]4(C)[C@H]5C[C@@H](OC(C)=O)[C@@H]6[C@@H]([C@@](C)(O)CCC=C(C)C)CC[C@@]6(C)[C@]5(C)CC[C@H]4C3(C)C)O[C@H](COC(C)=O)[C@@H](OC(C)=O)[C@@H]2OC(C)=O)[C@H](OC(C)=O)[C@@H](OC(C)=O)[C@@H]1OC(C)=O. The van der Waals surface area contributed by atoms with E-state index in [0.717, 1.165) is 73.6 Å². The van der Waals surface area contributed by atoms with Gasteiger partial charge in [-0.2, -0.15) is 0 Å². The van der Waals surface area contributed by atoms with Crippen LogP contribution in [0, 0.1) is 45.3 Å². The fourth-order valence-corrected chi connectivity index (χ4v) is 15.6. The molecule has 0 amide bonds. The molecule has 21 nitrogen and oxygen atoms in total. The Bertz CT molecular complexity index is 2310. The third kappa shape index (κ3) is 13.6. The van der Waals surface area contributed by atoms with Crippen molar-refractivity contribution in [2.45, 2.75) is 248 Å². The van der Waals surface area contributed by atoms with Gasteiger partial charge in [-0.05, 0) is 118 Å². The lowest BCUT2D eigenvalue weighted by Gasteiger charge is -2.71. The van der Waals surface area contributed by atoms with Crippen LogP contribution in [0.3, 0.4) is 0 Å². The molecule has 0 aromatic heterocycles. The van der Waals surface area contributed by atoms with E-state index in [1.807, 2.05) is 6.92 Å². The van der Waals surface area contributed by atoms with Crippen molar-refractivity contribution in [1.29, 1.82) is 0 Å². The van der Waals surface area contributed by atoms with E-state index in [2.05, 4.69) is 54.5 Å². The highest BCUT2D eigenvalue weighted by Gasteiger charge is 2.72. The summed E-state index contributed by atoms with van der Waals surface area (Å²) in [6, 6.07) is 0. The number of carbonyl (C=O) groups excluding carboxylic acids is 8. The van der Waals surface area contributed by atoms with Gasteiger partial charge in [0.25, 0.3) is 0 Å². The molecule has 6 rings (SSSR count). The molecule has 6 fully saturated rings. The van der Waals surface area contributed by atoms with Crippen molar-refractivity contribution in [3.63, 3.8) is 0 Å². The largest absolute Gasteiger partial charge is 0.463 e. The molecule has 0 unspecified atom stereocenters. The summed E-state index contributed by atoms with van der Waals surface area (Å²) >= 11 is 0. The quantitative estimate of drug-likeness (QED) is 0.0646. The predicted octanol–water partition coefficient (Wildman–Crippen LogP) is 6.72. The summed E-state index contributed by atoms with van der Waals surface area (Å²) < 4.78 is 73.0. The molecule has 446 valence electrons. The molecular formula is C58H88O21. The van der Waals surface area contributed by atoms with Crippen LogP contribution >= 0.6 is 0 Å². The third-order valence-electron chi connectivity index (χ3n) is 18.8. The van der Waals surface area contributed by atoms with Crippen molar-refractivity contribution in [3.8, 4) is 0 Å². The van der Waals surface area contributed by atoms with Crippen LogP contribution in [0.2, 0.25) is 0 Å². The first-order valence-electron chi connectivity index (χ1n) is 27.9. The number of fused-ring (bicyclic) bond motifs is 5. The molecule has 4 aliphatic carbocycles. The summed E-state index contributed by atoms with van der Waals surface area (Å²) in [5.74, 6) is -6.24. The lowest BCUT2D eigenvalue weighted by Crippen LogP contribution is -2.69. The van der Waals surface area contributed by atoms with Crippen molar-refractivity contribution in [2.24, 2.45) is 45.3 Å². The zero-order valence-electron chi connectivity index (χ0n) is 49.2. The van der Waals surface area contributed by atoms with Crippen molar-refractivity contribution in [2.75, 3.05) is 13.2 Å². The Morgan fingerprint density at radius 3 is 1.47 bits per heavy atom. The summed E-state index contributed by atoms with van der Waals surface area (Å²) in [6.07, 6.45) is -8.46. The van der Waals surface area contributed by atoms with Gasteiger partial charge in [0.2, 0.25) is 0 Å². The molecule has 0 aromatic rings. The lowest BCUT2D eigenvalue weighted by molar-refractivity contribution is -0.379.